The molecule has 0 N–H and O–H groups in total. The topological polar surface area (TPSA) is 75.9 Å². The van der Waals surface area contributed by atoms with Gasteiger partial charge >= 0.3 is 0 Å². The first-order valence-corrected chi connectivity index (χ1v) is 12.8. The summed E-state index contributed by atoms with van der Waals surface area (Å²) in [5.41, 5.74) is 3.30. The number of hydrogen-bond acceptors (Lipinski definition) is 5. The molecule has 0 bridgehead atoms. The lowest BCUT2D eigenvalue weighted by molar-refractivity contribution is -0.122. The molecule has 184 valence electrons. The van der Waals surface area contributed by atoms with Gasteiger partial charge in [-0.15, -0.1) is 0 Å². The predicted molar refractivity (Wildman–Crippen MR) is 131 cm³/mol. The molecule has 2 amide bonds. The van der Waals surface area contributed by atoms with Crippen molar-refractivity contribution in [3.8, 4) is 0 Å². The molecule has 1 aromatic heterocycles. The van der Waals surface area contributed by atoms with E-state index in [1.807, 2.05) is 34.1 Å². The highest BCUT2D eigenvalue weighted by atomic mass is 16.5. The number of amides is 2. The van der Waals surface area contributed by atoms with Crippen LogP contribution in [0, 0.1) is 0 Å². The maximum Gasteiger partial charge on any atom is 0.276 e. The van der Waals surface area contributed by atoms with Crippen molar-refractivity contribution in [1.29, 1.82) is 0 Å². The minimum atomic E-state index is -0.0636. The molecule has 0 radical (unpaired) electrons. The second-order valence-corrected chi connectivity index (χ2v) is 9.45. The van der Waals surface area contributed by atoms with Gasteiger partial charge in [-0.05, 0) is 43.7 Å². The van der Waals surface area contributed by atoms with E-state index in [1.54, 1.807) is 7.11 Å². The Labute approximate surface area is 202 Å². The van der Waals surface area contributed by atoms with Gasteiger partial charge in [-0.2, -0.15) is 0 Å². The number of carbonyl (C=O) groups is 2. The van der Waals surface area contributed by atoms with Crippen LogP contribution in [0.3, 0.4) is 0 Å². The number of methoxy groups -OCH3 is 1. The van der Waals surface area contributed by atoms with Crippen LogP contribution in [0.2, 0.25) is 0 Å². The first-order chi connectivity index (χ1) is 16.7. The van der Waals surface area contributed by atoms with Crippen LogP contribution in [-0.4, -0.2) is 48.7 Å². The molecule has 1 aromatic carbocycles. The van der Waals surface area contributed by atoms with E-state index in [9.17, 15) is 9.59 Å². The second kappa shape index (κ2) is 12.2. The van der Waals surface area contributed by atoms with Crippen LogP contribution in [-0.2, 0) is 28.9 Å². The summed E-state index contributed by atoms with van der Waals surface area (Å²) >= 11 is 0. The predicted octanol–water partition coefficient (Wildman–Crippen LogP) is 4.92. The second-order valence-electron chi connectivity index (χ2n) is 9.45. The van der Waals surface area contributed by atoms with Gasteiger partial charge in [0.1, 0.15) is 12.4 Å². The van der Waals surface area contributed by atoms with Crippen LogP contribution >= 0.6 is 0 Å². The third-order valence-electron chi connectivity index (χ3n) is 6.96. The first kappa shape index (κ1) is 24.5. The fraction of sp³-hybridized carbons (Fsp3) is 0.593. The zero-order chi connectivity index (χ0) is 23.8. The van der Waals surface area contributed by atoms with Gasteiger partial charge in [0.2, 0.25) is 0 Å². The number of para-hydroxylation sites is 1. The van der Waals surface area contributed by atoms with Crippen molar-refractivity contribution < 1.29 is 18.8 Å². The number of aromatic nitrogens is 1. The van der Waals surface area contributed by atoms with Gasteiger partial charge in [0.15, 0.2) is 5.69 Å². The van der Waals surface area contributed by atoms with Crippen molar-refractivity contribution in [3.05, 3.63) is 46.8 Å². The molecule has 0 saturated carbocycles. The molecule has 1 aliphatic heterocycles. The summed E-state index contributed by atoms with van der Waals surface area (Å²) in [7, 11) is 1.55. The summed E-state index contributed by atoms with van der Waals surface area (Å²) < 4.78 is 10.8. The Bertz CT molecular complexity index is 971. The van der Waals surface area contributed by atoms with Crippen LogP contribution < -0.4 is 4.90 Å². The summed E-state index contributed by atoms with van der Waals surface area (Å²) in [4.78, 5) is 30.4. The summed E-state index contributed by atoms with van der Waals surface area (Å²) in [6, 6.07) is 7.92. The minimum Gasteiger partial charge on any atom is -0.375 e. The van der Waals surface area contributed by atoms with E-state index < -0.39 is 0 Å². The van der Waals surface area contributed by atoms with E-state index in [-0.39, 0.29) is 18.4 Å². The molecule has 7 nitrogen and oxygen atoms in total. The minimum absolute atomic E-state index is 0.0437. The Kier molecular flexibility index (Phi) is 8.74. The number of benzene rings is 1. The lowest BCUT2D eigenvalue weighted by atomic mass is 10.1. The lowest BCUT2D eigenvalue weighted by Crippen LogP contribution is -2.37. The largest absolute Gasteiger partial charge is 0.375 e. The van der Waals surface area contributed by atoms with E-state index >= 15 is 0 Å². The van der Waals surface area contributed by atoms with Crippen LogP contribution in [0.15, 0.2) is 28.8 Å². The number of ether oxygens (including phenoxy) is 1. The highest BCUT2D eigenvalue weighted by molar-refractivity contribution is 5.96. The van der Waals surface area contributed by atoms with Gasteiger partial charge in [0.05, 0.1) is 0 Å². The van der Waals surface area contributed by atoms with Crippen molar-refractivity contribution in [2.45, 2.75) is 77.2 Å². The van der Waals surface area contributed by atoms with Crippen molar-refractivity contribution >= 4 is 17.5 Å². The van der Waals surface area contributed by atoms with Crippen molar-refractivity contribution in [3.63, 3.8) is 0 Å². The average molecular weight is 468 g/mol. The van der Waals surface area contributed by atoms with Gasteiger partial charge in [0, 0.05) is 44.4 Å². The molecule has 1 aliphatic carbocycles. The average Bonchev–Trinajstić information content (AvgIpc) is 3.11. The van der Waals surface area contributed by atoms with Gasteiger partial charge in [-0.3, -0.25) is 9.59 Å². The monoisotopic (exact) mass is 467 g/mol. The molecular weight excluding hydrogens is 430 g/mol. The SMILES string of the molecule is COCC(=O)N1CCCCCCCCN(C(=O)c2noc3c2CCCCC3)Cc2ccccc21. The van der Waals surface area contributed by atoms with Crippen LogP contribution in [0.1, 0.15) is 85.2 Å². The molecule has 0 unspecified atom stereocenters. The number of rotatable bonds is 3. The maximum atomic E-state index is 13.8. The molecule has 0 atom stereocenters. The Balaban J connectivity index is 1.65. The zero-order valence-electron chi connectivity index (χ0n) is 20.4. The Morgan fingerprint density at radius 1 is 0.941 bits per heavy atom. The van der Waals surface area contributed by atoms with Crippen molar-refractivity contribution in [2.75, 3.05) is 31.7 Å². The summed E-state index contributed by atoms with van der Waals surface area (Å²) in [6.07, 6.45) is 11.4. The molecule has 2 aromatic rings. The number of nitrogens with zero attached hydrogens (tertiary/aromatic N) is 3. The summed E-state index contributed by atoms with van der Waals surface area (Å²) in [6.45, 7) is 1.81. The summed E-state index contributed by atoms with van der Waals surface area (Å²) in [5.74, 6) is 0.763. The lowest BCUT2D eigenvalue weighted by Gasteiger charge is -2.28. The van der Waals surface area contributed by atoms with E-state index in [4.69, 9.17) is 9.26 Å². The fourth-order valence-corrected chi connectivity index (χ4v) is 5.11. The van der Waals surface area contributed by atoms with E-state index in [1.165, 1.54) is 0 Å². The van der Waals surface area contributed by atoms with Crippen molar-refractivity contribution in [2.24, 2.45) is 0 Å². The van der Waals surface area contributed by atoms with Crippen LogP contribution in [0.5, 0.6) is 0 Å². The molecule has 4 rings (SSSR count). The quantitative estimate of drug-likeness (QED) is 0.599. The number of anilines is 1. The molecule has 0 spiro atoms. The number of carbonyl (C=O) groups excluding carboxylic acids is 2. The third-order valence-corrected chi connectivity index (χ3v) is 6.96. The highest BCUT2D eigenvalue weighted by Gasteiger charge is 2.28. The number of fused-ring (bicyclic) bond motifs is 2. The molecular formula is C27H37N3O4. The standard InChI is InChI=1S/C27H37N3O4/c1-33-20-25(31)30-18-12-5-3-2-4-11-17-29(19-21-13-9-10-15-23(21)30)27(32)26-22-14-7-6-8-16-24(22)34-28-26/h9-10,13,15H,2-8,11-12,14,16-20H2,1H3. The fourth-order valence-electron chi connectivity index (χ4n) is 5.11. The summed E-state index contributed by atoms with van der Waals surface area (Å²) in [5, 5.41) is 4.24. The zero-order valence-corrected chi connectivity index (χ0v) is 20.4. The van der Waals surface area contributed by atoms with E-state index in [0.29, 0.717) is 25.3 Å². The molecule has 34 heavy (non-hydrogen) atoms. The first-order valence-electron chi connectivity index (χ1n) is 12.8. The van der Waals surface area contributed by atoms with Gasteiger partial charge in [-0.25, -0.2) is 0 Å². The maximum absolute atomic E-state index is 13.8. The van der Waals surface area contributed by atoms with Gasteiger partial charge in [0.25, 0.3) is 11.8 Å². The molecule has 2 aliphatic rings. The van der Waals surface area contributed by atoms with Gasteiger partial charge in [-0.1, -0.05) is 55.5 Å². The van der Waals surface area contributed by atoms with Crippen LogP contribution in [0.25, 0.3) is 0 Å². The molecule has 2 heterocycles. The molecule has 0 saturated heterocycles. The number of hydrogen-bond donors (Lipinski definition) is 0. The third kappa shape index (κ3) is 5.87. The molecule has 7 heteroatoms. The van der Waals surface area contributed by atoms with E-state index in [0.717, 1.165) is 93.2 Å². The Morgan fingerprint density at radius 2 is 1.65 bits per heavy atom. The highest BCUT2D eigenvalue weighted by Crippen LogP contribution is 2.28. The van der Waals surface area contributed by atoms with Crippen LogP contribution in [0.4, 0.5) is 5.69 Å². The van der Waals surface area contributed by atoms with Gasteiger partial charge < -0.3 is 19.1 Å². The Morgan fingerprint density at radius 3 is 2.47 bits per heavy atom. The van der Waals surface area contributed by atoms with Crippen molar-refractivity contribution in [1.82, 2.24) is 10.1 Å². The normalized spacial score (nSPS) is 18.0. The van der Waals surface area contributed by atoms with E-state index in [2.05, 4.69) is 5.16 Å². The number of aryl methyl sites for hydroxylation is 1. The molecule has 0 fully saturated rings. The Hall–Kier alpha value is -2.67. The smallest absolute Gasteiger partial charge is 0.276 e.